The number of hydrogen-bond donors (Lipinski definition) is 2. The van der Waals surface area contributed by atoms with Crippen LogP contribution in [0.5, 0.6) is 0 Å². The topological polar surface area (TPSA) is 50.4 Å². The van der Waals surface area contributed by atoms with E-state index in [9.17, 15) is 0 Å². The molecule has 0 amide bonds. The third-order valence-corrected chi connectivity index (χ3v) is 1.05. The highest BCUT2D eigenvalue weighted by atomic mass is 15.1. The standard InChI is InChI=1S/C8H17N3/c1-4-5-6-10-8(9)11-7(2)3/h4,7H,1,5-6H2,2-3H3,(H3,9,10,11). The minimum Gasteiger partial charge on any atom is -0.370 e. The SMILES string of the molecule is C=CCCN=C(N)NC(C)C. The van der Waals surface area contributed by atoms with Gasteiger partial charge in [0.25, 0.3) is 0 Å². The monoisotopic (exact) mass is 155 g/mol. The number of nitrogens with zero attached hydrogens (tertiary/aromatic N) is 1. The van der Waals surface area contributed by atoms with Gasteiger partial charge in [-0.1, -0.05) is 6.08 Å². The summed E-state index contributed by atoms with van der Waals surface area (Å²) in [6, 6.07) is 0.350. The Morgan fingerprint density at radius 3 is 2.82 bits per heavy atom. The van der Waals surface area contributed by atoms with Gasteiger partial charge in [0.15, 0.2) is 5.96 Å². The maximum absolute atomic E-state index is 5.52. The lowest BCUT2D eigenvalue weighted by molar-refractivity contribution is 0.723. The van der Waals surface area contributed by atoms with Crippen molar-refractivity contribution in [2.75, 3.05) is 6.54 Å². The molecule has 3 N–H and O–H groups in total. The summed E-state index contributed by atoms with van der Waals surface area (Å²) in [5.74, 6) is 0.516. The molecule has 0 unspecified atom stereocenters. The van der Waals surface area contributed by atoms with Gasteiger partial charge in [-0.25, -0.2) is 0 Å². The Hall–Kier alpha value is -0.990. The second-order valence-electron chi connectivity index (χ2n) is 2.64. The summed E-state index contributed by atoms with van der Waals surface area (Å²) in [7, 11) is 0. The second-order valence-corrected chi connectivity index (χ2v) is 2.64. The average Bonchev–Trinajstić information content (AvgIpc) is 1.86. The van der Waals surface area contributed by atoms with E-state index >= 15 is 0 Å². The molecule has 3 heteroatoms. The lowest BCUT2D eigenvalue weighted by Crippen LogP contribution is -2.36. The van der Waals surface area contributed by atoms with E-state index in [1.54, 1.807) is 0 Å². The first-order valence-electron chi connectivity index (χ1n) is 3.84. The van der Waals surface area contributed by atoms with Crippen LogP contribution in [0.1, 0.15) is 20.3 Å². The largest absolute Gasteiger partial charge is 0.370 e. The summed E-state index contributed by atoms with van der Waals surface area (Å²) in [4.78, 5) is 4.07. The van der Waals surface area contributed by atoms with Crippen molar-refractivity contribution in [1.82, 2.24) is 5.32 Å². The molecule has 0 spiro atoms. The predicted octanol–water partition coefficient (Wildman–Crippen LogP) is 0.875. The molecule has 0 aliphatic rings. The molecular formula is C8H17N3. The first-order valence-corrected chi connectivity index (χ1v) is 3.84. The molecule has 0 atom stereocenters. The van der Waals surface area contributed by atoms with Gasteiger partial charge in [-0.05, 0) is 20.3 Å². The molecule has 0 fully saturated rings. The van der Waals surface area contributed by atoms with Crippen LogP contribution in [0.2, 0.25) is 0 Å². The minimum atomic E-state index is 0.350. The van der Waals surface area contributed by atoms with Gasteiger partial charge in [0.05, 0.1) is 0 Å². The number of guanidine groups is 1. The molecule has 0 bridgehead atoms. The number of nitrogens with one attached hydrogen (secondary N) is 1. The minimum absolute atomic E-state index is 0.350. The highest BCUT2D eigenvalue weighted by Crippen LogP contribution is 1.81. The van der Waals surface area contributed by atoms with Crippen LogP contribution in [0.4, 0.5) is 0 Å². The van der Waals surface area contributed by atoms with Crippen molar-refractivity contribution in [3.63, 3.8) is 0 Å². The highest BCUT2D eigenvalue weighted by molar-refractivity contribution is 5.78. The Kier molecular flexibility index (Phi) is 5.25. The Morgan fingerprint density at radius 2 is 2.36 bits per heavy atom. The van der Waals surface area contributed by atoms with Gasteiger partial charge in [-0.3, -0.25) is 4.99 Å². The molecule has 0 saturated heterocycles. The van der Waals surface area contributed by atoms with E-state index in [0.29, 0.717) is 12.0 Å². The third-order valence-electron chi connectivity index (χ3n) is 1.05. The molecule has 0 aromatic heterocycles. The average molecular weight is 155 g/mol. The Balaban J connectivity index is 3.53. The summed E-state index contributed by atoms with van der Waals surface area (Å²) in [5.41, 5.74) is 5.52. The van der Waals surface area contributed by atoms with E-state index in [0.717, 1.165) is 13.0 Å². The maximum Gasteiger partial charge on any atom is 0.188 e. The maximum atomic E-state index is 5.52. The van der Waals surface area contributed by atoms with Gasteiger partial charge < -0.3 is 11.1 Å². The zero-order valence-corrected chi connectivity index (χ0v) is 7.30. The van der Waals surface area contributed by atoms with Gasteiger partial charge in [-0.2, -0.15) is 0 Å². The van der Waals surface area contributed by atoms with Crippen molar-refractivity contribution in [3.8, 4) is 0 Å². The van der Waals surface area contributed by atoms with Gasteiger partial charge in [0.1, 0.15) is 0 Å². The molecule has 3 nitrogen and oxygen atoms in total. The van der Waals surface area contributed by atoms with E-state index in [2.05, 4.69) is 16.9 Å². The van der Waals surface area contributed by atoms with Gasteiger partial charge >= 0.3 is 0 Å². The van der Waals surface area contributed by atoms with Crippen molar-refractivity contribution in [2.24, 2.45) is 10.7 Å². The van der Waals surface area contributed by atoms with Crippen LogP contribution in [-0.2, 0) is 0 Å². The van der Waals surface area contributed by atoms with Gasteiger partial charge in [0.2, 0.25) is 0 Å². The molecule has 0 aliphatic carbocycles. The predicted molar refractivity (Wildman–Crippen MR) is 49.6 cm³/mol. The van der Waals surface area contributed by atoms with E-state index in [-0.39, 0.29) is 0 Å². The van der Waals surface area contributed by atoms with Crippen LogP contribution < -0.4 is 11.1 Å². The lowest BCUT2D eigenvalue weighted by Gasteiger charge is -2.07. The molecule has 0 heterocycles. The molecule has 0 radical (unpaired) electrons. The van der Waals surface area contributed by atoms with Crippen molar-refractivity contribution in [3.05, 3.63) is 12.7 Å². The second kappa shape index (κ2) is 5.77. The zero-order chi connectivity index (χ0) is 8.69. The Morgan fingerprint density at radius 1 is 1.73 bits per heavy atom. The molecule has 0 aromatic carbocycles. The fourth-order valence-corrected chi connectivity index (χ4v) is 0.618. The summed E-state index contributed by atoms with van der Waals surface area (Å²) in [6.07, 6.45) is 2.70. The summed E-state index contributed by atoms with van der Waals surface area (Å²) >= 11 is 0. The summed E-state index contributed by atoms with van der Waals surface area (Å²) in [6.45, 7) is 8.35. The number of aliphatic imine (C=N–C) groups is 1. The number of hydrogen-bond acceptors (Lipinski definition) is 1. The van der Waals surface area contributed by atoms with E-state index in [4.69, 9.17) is 5.73 Å². The van der Waals surface area contributed by atoms with Crippen molar-refractivity contribution < 1.29 is 0 Å². The molecule has 0 aromatic rings. The third kappa shape index (κ3) is 6.90. The first kappa shape index (κ1) is 10.0. The molecule has 0 aliphatic heterocycles. The molecule has 0 saturated carbocycles. The zero-order valence-electron chi connectivity index (χ0n) is 7.30. The van der Waals surface area contributed by atoms with E-state index < -0.39 is 0 Å². The Bertz CT molecular complexity index is 138. The summed E-state index contributed by atoms with van der Waals surface area (Å²) < 4.78 is 0. The molecular weight excluding hydrogens is 138 g/mol. The van der Waals surface area contributed by atoms with Gasteiger partial charge in [-0.15, -0.1) is 6.58 Å². The van der Waals surface area contributed by atoms with Crippen molar-refractivity contribution in [1.29, 1.82) is 0 Å². The van der Waals surface area contributed by atoms with Crippen LogP contribution in [0.15, 0.2) is 17.6 Å². The van der Waals surface area contributed by atoms with Crippen LogP contribution in [-0.4, -0.2) is 18.5 Å². The van der Waals surface area contributed by atoms with Crippen LogP contribution in [0.3, 0.4) is 0 Å². The first-order chi connectivity index (χ1) is 5.16. The Labute approximate surface area is 68.4 Å². The molecule has 0 rings (SSSR count). The van der Waals surface area contributed by atoms with Crippen LogP contribution >= 0.6 is 0 Å². The van der Waals surface area contributed by atoms with Crippen molar-refractivity contribution >= 4 is 5.96 Å². The van der Waals surface area contributed by atoms with Crippen molar-refractivity contribution in [2.45, 2.75) is 26.3 Å². The number of nitrogens with two attached hydrogens (primary N) is 1. The lowest BCUT2D eigenvalue weighted by atomic mass is 10.4. The quantitative estimate of drug-likeness (QED) is 0.274. The van der Waals surface area contributed by atoms with Gasteiger partial charge in [0, 0.05) is 12.6 Å². The van der Waals surface area contributed by atoms with Crippen LogP contribution in [0.25, 0.3) is 0 Å². The summed E-state index contributed by atoms with van der Waals surface area (Å²) in [5, 5.41) is 3.00. The molecule has 64 valence electrons. The normalized spacial score (nSPS) is 11.7. The smallest absolute Gasteiger partial charge is 0.188 e. The molecule has 11 heavy (non-hydrogen) atoms. The van der Waals surface area contributed by atoms with E-state index in [1.807, 2.05) is 19.9 Å². The number of rotatable bonds is 4. The van der Waals surface area contributed by atoms with E-state index in [1.165, 1.54) is 0 Å². The highest BCUT2D eigenvalue weighted by Gasteiger charge is 1.92. The fourth-order valence-electron chi connectivity index (χ4n) is 0.618. The fraction of sp³-hybridized carbons (Fsp3) is 0.625. The van der Waals surface area contributed by atoms with Crippen LogP contribution in [0, 0.1) is 0 Å².